The zero-order valence-electron chi connectivity index (χ0n) is 33.5. The Labute approximate surface area is 363 Å². The molecule has 0 heterocycles. The molecule has 288 valence electrons. The molecule has 6 rings (SSSR count). The van der Waals surface area contributed by atoms with Crippen LogP contribution in [0.4, 0.5) is 0 Å². The molecule has 0 aliphatic heterocycles. The molecule has 0 aliphatic rings. The smallest absolute Gasteiger partial charge is 0.357 e. The zero-order chi connectivity index (χ0) is 40.3. The van der Waals surface area contributed by atoms with Crippen molar-refractivity contribution in [3.05, 3.63) is 200 Å². The minimum Gasteiger partial charge on any atom is -0.907 e. The fourth-order valence-corrected chi connectivity index (χ4v) is 11.4. The van der Waals surface area contributed by atoms with E-state index in [1.807, 2.05) is 0 Å². The summed E-state index contributed by atoms with van der Waals surface area (Å²) < 4.78 is 8.97. The number of benzene rings is 6. The van der Waals surface area contributed by atoms with Crippen molar-refractivity contribution in [3.8, 4) is 0 Å². The Morgan fingerprint density at radius 2 is 0.455 bits per heavy atom. The molecule has 0 saturated carbocycles. The number of hydrogen-bond acceptors (Lipinski definition) is 3. The van der Waals surface area contributed by atoms with Crippen LogP contribution in [0.15, 0.2) is 146 Å². The molecule has 0 aromatic heterocycles. The molecule has 0 aliphatic carbocycles. The maximum atomic E-state index is 8.42. The highest BCUT2D eigenvalue weighted by molar-refractivity contribution is 6.24. The fraction of sp³-hybridized carbons (Fsp3) is 0.250. The minimum absolute atomic E-state index is 0.0167. The normalized spacial score (nSPS) is 10.5. The van der Waals surface area contributed by atoms with Gasteiger partial charge in [0.1, 0.15) is 0 Å². The number of hydrogen-bond donors (Lipinski definition) is 0. The highest BCUT2D eigenvalue weighted by Gasteiger charge is 2.17. The van der Waals surface area contributed by atoms with Gasteiger partial charge in [0.15, 0.2) is 21.4 Å². The van der Waals surface area contributed by atoms with E-state index in [4.69, 9.17) is 15.1 Å². The predicted molar refractivity (Wildman–Crippen MR) is 213 cm³/mol. The molecule has 0 atom stereocenters. The van der Waals surface area contributed by atoms with Gasteiger partial charge in [-0.25, -0.2) is 0 Å². The second-order valence-electron chi connectivity index (χ2n) is 14.1. The first-order chi connectivity index (χ1) is 26.2. The van der Waals surface area contributed by atoms with E-state index in [0.29, 0.717) is 17.8 Å². The van der Waals surface area contributed by atoms with Crippen molar-refractivity contribution < 1.29 is 78.7 Å². The van der Waals surface area contributed by atoms with Crippen LogP contribution in [0.3, 0.4) is 0 Å². The monoisotopic (exact) mass is 1070 g/mol. The van der Waals surface area contributed by atoms with Crippen molar-refractivity contribution in [2.24, 2.45) is 0 Å². The summed E-state index contributed by atoms with van der Waals surface area (Å²) in [6.07, 6.45) is 0. The van der Waals surface area contributed by atoms with Gasteiger partial charge in [-0.2, -0.15) is 0 Å². The summed E-state index contributed by atoms with van der Waals surface area (Å²) in [7, 11) is -2.92. The molecular formula is C48H54BI3O3. The van der Waals surface area contributed by atoms with Crippen molar-refractivity contribution in [2.45, 2.75) is 80.1 Å². The Morgan fingerprint density at radius 1 is 0.309 bits per heavy atom. The third-order valence-corrected chi connectivity index (χ3v) is 16.3. The van der Waals surface area contributed by atoms with E-state index in [1.165, 1.54) is 54.8 Å². The summed E-state index contributed by atoms with van der Waals surface area (Å²) in [4.78, 5) is 0. The van der Waals surface area contributed by atoms with Gasteiger partial charge in [-0.15, -0.1) is 0 Å². The average Bonchev–Trinajstić information content (AvgIpc) is 3.15. The van der Waals surface area contributed by atoms with E-state index in [-0.39, 0.29) is 63.6 Å². The Hall–Kier alpha value is -2.55. The molecule has 0 fully saturated rings. The van der Waals surface area contributed by atoms with Crippen LogP contribution in [-0.2, 0) is 0 Å². The zero-order valence-corrected chi connectivity index (χ0v) is 40.0. The van der Waals surface area contributed by atoms with Gasteiger partial charge in [-0.3, -0.25) is 7.32 Å². The Morgan fingerprint density at radius 3 is 0.600 bits per heavy atom. The molecule has 0 bridgehead atoms. The quantitative estimate of drug-likeness (QED) is 0.149. The van der Waals surface area contributed by atoms with Crippen LogP contribution in [0.2, 0.25) is 0 Å². The standard InChI is InChI=1S/3C16H18I.BO3/c3*1-12(2)14-6-10-16(11-7-14)17-15-8-4-13(3)5-9-15;2-1(3)4/h3*4-12H,1-3H3;/q3*+1;-3. The first-order valence-electron chi connectivity index (χ1n) is 18.6. The summed E-state index contributed by atoms with van der Waals surface area (Å²) in [5, 5.41) is 25.2. The lowest BCUT2D eigenvalue weighted by Crippen LogP contribution is -3.61. The molecule has 0 saturated heterocycles. The summed E-state index contributed by atoms with van der Waals surface area (Å²) in [6, 6.07) is 54.2. The van der Waals surface area contributed by atoms with E-state index in [9.17, 15) is 0 Å². The van der Waals surface area contributed by atoms with Crippen LogP contribution >= 0.6 is 0 Å². The second kappa shape index (κ2) is 25.0. The van der Waals surface area contributed by atoms with Gasteiger partial charge >= 0.3 is 63.6 Å². The molecule has 0 N–H and O–H groups in total. The number of aryl methyl sites for hydroxylation is 3. The van der Waals surface area contributed by atoms with E-state index >= 15 is 0 Å². The van der Waals surface area contributed by atoms with Crippen LogP contribution in [0.1, 0.15) is 92.7 Å². The van der Waals surface area contributed by atoms with Gasteiger partial charge in [-0.1, -0.05) is 131 Å². The van der Waals surface area contributed by atoms with Crippen molar-refractivity contribution in [2.75, 3.05) is 0 Å². The summed E-state index contributed by atoms with van der Waals surface area (Å²) >= 11 is -0.0501. The van der Waals surface area contributed by atoms with Crippen molar-refractivity contribution in [1.29, 1.82) is 0 Å². The first kappa shape index (κ1) is 46.8. The number of rotatable bonds is 9. The molecule has 0 radical (unpaired) electrons. The molecule has 0 spiro atoms. The average molecular weight is 1070 g/mol. The van der Waals surface area contributed by atoms with Gasteiger partial charge in [0, 0.05) is 0 Å². The summed E-state index contributed by atoms with van der Waals surface area (Å²) in [6.45, 7) is 19.9. The van der Waals surface area contributed by atoms with E-state index in [1.54, 1.807) is 0 Å². The lowest BCUT2D eigenvalue weighted by atomic mass is 10.0. The minimum atomic E-state index is -2.92. The fourth-order valence-electron chi connectivity index (χ4n) is 4.90. The molecule has 6 aromatic rings. The van der Waals surface area contributed by atoms with Crippen LogP contribution in [-0.4, -0.2) is 7.32 Å². The van der Waals surface area contributed by atoms with Gasteiger partial charge in [-0.05, 0) is 128 Å². The number of halogens is 3. The second-order valence-corrected chi connectivity index (χ2v) is 23.2. The van der Waals surface area contributed by atoms with Gasteiger partial charge < -0.3 is 15.1 Å². The molecule has 6 aromatic carbocycles. The van der Waals surface area contributed by atoms with Crippen LogP contribution < -0.4 is 78.7 Å². The lowest BCUT2D eigenvalue weighted by molar-refractivity contribution is -0.597. The van der Waals surface area contributed by atoms with E-state index in [2.05, 4.69) is 208 Å². The maximum Gasteiger partial charge on any atom is 0.357 e. The molecule has 55 heavy (non-hydrogen) atoms. The third kappa shape index (κ3) is 19.0. The van der Waals surface area contributed by atoms with Crippen LogP contribution in [0.5, 0.6) is 0 Å². The SMILES string of the molecule is Cc1ccc([I+]c2ccc(C(C)C)cc2)cc1.Cc1ccc([I+]c2ccc(C(C)C)cc2)cc1.Cc1ccc([I+]c2ccc(C(C)C)cc2)cc1.[O-]B([O-])[O-]. The van der Waals surface area contributed by atoms with Gasteiger partial charge in [0.05, 0.1) is 0 Å². The highest BCUT2D eigenvalue weighted by Crippen LogP contribution is 2.14. The molecule has 7 heteroatoms. The molecule has 0 amide bonds. The van der Waals surface area contributed by atoms with Crippen molar-refractivity contribution >= 4 is 7.32 Å². The largest absolute Gasteiger partial charge is 0.907 e. The Balaban J connectivity index is 0.000000211. The maximum absolute atomic E-state index is 8.42. The van der Waals surface area contributed by atoms with Crippen LogP contribution in [0, 0.1) is 42.2 Å². The topological polar surface area (TPSA) is 69.2 Å². The molecular weight excluding hydrogens is 1020 g/mol. The van der Waals surface area contributed by atoms with Crippen molar-refractivity contribution in [1.82, 2.24) is 0 Å². The Kier molecular flexibility index (Phi) is 21.2. The highest BCUT2D eigenvalue weighted by atomic mass is 127. The Bertz CT molecular complexity index is 1690. The van der Waals surface area contributed by atoms with Gasteiger partial charge in [0.2, 0.25) is 0 Å². The van der Waals surface area contributed by atoms with Gasteiger partial charge in [0.25, 0.3) is 0 Å². The predicted octanol–water partition coefficient (Wildman–Crippen LogP) is -0.207. The van der Waals surface area contributed by atoms with Crippen LogP contribution in [0.25, 0.3) is 0 Å². The lowest BCUT2D eigenvalue weighted by Gasteiger charge is -2.35. The third-order valence-electron chi connectivity index (χ3n) is 8.30. The first-order valence-corrected chi connectivity index (χ1v) is 25.1. The van der Waals surface area contributed by atoms with Crippen molar-refractivity contribution in [3.63, 3.8) is 0 Å². The molecule has 3 nitrogen and oxygen atoms in total. The molecule has 0 unspecified atom stereocenters. The summed E-state index contributed by atoms with van der Waals surface area (Å²) in [5.41, 5.74) is 8.32. The van der Waals surface area contributed by atoms with E-state index < -0.39 is 7.32 Å². The van der Waals surface area contributed by atoms with E-state index in [0.717, 1.165) is 0 Å². The summed E-state index contributed by atoms with van der Waals surface area (Å²) in [5.74, 6) is 1.88.